The SMILES string of the molecule is CC(=Nc1ccccc1S)c1ccco1. The Morgan fingerprint density at radius 1 is 1.20 bits per heavy atom. The summed E-state index contributed by atoms with van der Waals surface area (Å²) in [5.74, 6) is 0.784. The number of hydrogen-bond acceptors (Lipinski definition) is 3. The van der Waals surface area contributed by atoms with Crippen molar-refractivity contribution in [2.45, 2.75) is 11.8 Å². The van der Waals surface area contributed by atoms with Crippen LogP contribution in [0.1, 0.15) is 12.7 Å². The smallest absolute Gasteiger partial charge is 0.147 e. The van der Waals surface area contributed by atoms with Gasteiger partial charge in [0.25, 0.3) is 0 Å². The molecular weight excluding hydrogens is 206 g/mol. The molecule has 0 unspecified atom stereocenters. The van der Waals surface area contributed by atoms with E-state index >= 15 is 0 Å². The Kier molecular flexibility index (Phi) is 2.92. The minimum atomic E-state index is 0.784. The van der Waals surface area contributed by atoms with Crippen molar-refractivity contribution in [2.24, 2.45) is 4.99 Å². The van der Waals surface area contributed by atoms with Crippen LogP contribution in [0, 0.1) is 0 Å². The van der Waals surface area contributed by atoms with Crippen LogP contribution in [0.5, 0.6) is 0 Å². The average molecular weight is 217 g/mol. The Labute approximate surface area is 94.1 Å². The summed E-state index contributed by atoms with van der Waals surface area (Å²) < 4.78 is 5.25. The van der Waals surface area contributed by atoms with Crippen LogP contribution in [0.15, 0.2) is 57.0 Å². The van der Waals surface area contributed by atoms with Gasteiger partial charge in [0, 0.05) is 4.90 Å². The van der Waals surface area contributed by atoms with Crippen LogP contribution >= 0.6 is 12.6 Å². The van der Waals surface area contributed by atoms with E-state index in [9.17, 15) is 0 Å². The Bertz CT molecular complexity index is 474. The van der Waals surface area contributed by atoms with E-state index in [1.807, 2.05) is 43.3 Å². The molecule has 0 N–H and O–H groups in total. The van der Waals surface area contributed by atoms with Crippen molar-refractivity contribution in [2.75, 3.05) is 0 Å². The molecule has 0 spiro atoms. The van der Waals surface area contributed by atoms with Crippen LogP contribution in [-0.2, 0) is 0 Å². The Hall–Kier alpha value is -1.48. The third-order valence-corrected chi connectivity index (χ3v) is 2.43. The zero-order chi connectivity index (χ0) is 10.7. The lowest BCUT2D eigenvalue weighted by atomic mass is 10.3. The number of rotatable bonds is 2. The van der Waals surface area contributed by atoms with Gasteiger partial charge >= 0.3 is 0 Å². The van der Waals surface area contributed by atoms with Gasteiger partial charge in [0.1, 0.15) is 5.76 Å². The summed E-state index contributed by atoms with van der Waals surface area (Å²) in [7, 11) is 0. The number of aliphatic imine (C=N–C) groups is 1. The van der Waals surface area contributed by atoms with Gasteiger partial charge in [-0.05, 0) is 31.2 Å². The number of hydrogen-bond donors (Lipinski definition) is 1. The van der Waals surface area contributed by atoms with Gasteiger partial charge in [-0.1, -0.05) is 12.1 Å². The van der Waals surface area contributed by atoms with Crippen LogP contribution < -0.4 is 0 Å². The lowest BCUT2D eigenvalue weighted by molar-refractivity contribution is 0.557. The molecule has 0 amide bonds. The van der Waals surface area contributed by atoms with Gasteiger partial charge in [0.2, 0.25) is 0 Å². The molecule has 0 aliphatic heterocycles. The first-order valence-corrected chi connectivity index (χ1v) is 5.09. The van der Waals surface area contributed by atoms with Gasteiger partial charge in [-0.25, -0.2) is 4.99 Å². The number of thiol groups is 1. The molecule has 0 atom stereocenters. The molecule has 2 rings (SSSR count). The zero-order valence-corrected chi connectivity index (χ0v) is 9.24. The number of nitrogens with zero attached hydrogens (tertiary/aromatic N) is 1. The highest BCUT2D eigenvalue weighted by Gasteiger charge is 2.01. The third kappa shape index (κ3) is 2.30. The summed E-state index contributed by atoms with van der Waals surface area (Å²) in [6.07, 6.45) is 1.64. The van der Waals surface area contributed by atoms with Gasteiger partial charge in [0.15, 0.2) is 0 Å². The fourth-order valence-corrected chi connectivity index (χ4v) is 1.49. The second-order valence-corrected chi connectivity index (χ2v) is 3.65. The van der Waals surface area contributed by atoms with E-state index < -0.39 is 0 Å². The lowest BCUT2D eigenvalue weighted by Crippen LogP contribution is -1.90. The molecule has 2 nitrogen and oxygen atoms in total. The van der Waals surface area contributed by atoms with Crippen molar-refractivity contribution < 1.29 is 4.42 Å². The van der Waals surface area contributed by atoms with E-state index in [-0.39, 0.29) is 0 Å². The maximum Gasteiger partial charge on any atom is 0.147 e. The second kappa shape index (κ2) is 4.36. The quantitative estimate of drug-likeness (QED) is 0.602. The van der Waals surface area contributed by atoms with E-state index in [0.717, 1.165) is 22.1 Å². The van der Waals surface area contributed by atoms with Crippen LogP contribution in [0.25, 0.3) is 0 Å². The van der Waals surface area contributed by atoms with Crippen molar-refractivity contribution in [3.05, 3.63) is 48.4 Å². The highest BCUT2D eigenvalue weighted by Crippen LogP contribution is 2.23. The normalized spacial score (nSPS) is 11.7. The van der Waals surface area contributed by atoms with Crippen molar-refractivity contribution in [1.29, 1.82) is 0 Å². The van der Waals surface area contributed by atoms with Gasteiger partial charge in [-0.2, -0.15) is 0 Å². The monoisotopic (exact) mass is 217 g/mol. The summed E-state index contributed by atoms with van der Waals surface area (Å²) in [5.41, 5.74) is 1.70. The first kappa shape index (κ1) is 10.1. The number of furan rings is 1. The maximum atomic E-state index is 5.25. The third-order valence-electron chi connectivity index (χ3n) is 2.05. The van der Waals surface area contributed by atoms with Crippen molar-refractivity contribution in [1.82, 2.24) is 0 Å². The molecule has 2 aromatic rings. The predicted octanol–water partition coefficient (Wildman–Crippen LogP) is 3.71. The van der Waals surface area contributed by atoms with Crippen LogP contribution in [0.2, 0.25) is 0 Å². The van der Waals surface area contributed by atoms with E-state index in [1.165, 1.54) is 0 Å². The molecule has 0 aliphatic carbocycles. The van der Waals surface area contributed by atoms with Gasteiger partial charge in [-0.3, -0.25) is 0 Å². The van der Waals surface area contributed by atoms with Crippen LogP contribution in [0.3, 0.4) is 0 Å². The molecule has 0 saturated heterocycles. The second-order valence-electron chi connectivity index (χ2n) is 3.16. The average Bonchev–Trinajstić information content (AvgIpc) is 2.74. The summed E-state index contributed by atoms with van der Waals surface area (Å²) in [5, 5.41) is 0. The summed E-state index contributed by atoms with van der Waals surface area (Å²) in [6.45, 7) is 1.92. The first-order chi connectivity index (χ1) is 7.27. The van der Waals surface area contributed by atoms with Gasteiger partial charge in [-0.15, -0.1) is 12.6 Å². The molecule has 0 aliphatic rings. The molecular formula is C12H11NOS. The minimum Gasteiger partial charge on any atom is -0.463 e. The number of para-hydroxylation sites is 1. The molecule has 0 fully saturated rings. The molecule has 76 valence electrons. The Morgan fingerprint density at radius 2 is 2.00 bits per heavy atom. The summed E-state index contributed by atoms with van der Waals surface area (Å²) in [6, 6.07) is 11.4. The molecule has 15 heavy (non-hydrogen) atoms. The maximum absolute atomic E-state index is 5.25. The summed E-state index contributed by atoms with van der Waals surface area (Å²) >= 11 is 4.33. The Morgan fingerprint density at radius 3 is 2.67 bits per heavy atom. The van der Waals surface area contributed by atoms with E-state index in [4.69, 9.17) is 4.42 Å². The molecule has 1 aromatic heterocycles. The Balaban J connectivity index is 2.35. The van der Waals surface area contributed by atoms with Gasteiger partial charge < -0.3 is 4.42 Å². The molecule has 1 heterocycles. The molecule has 0 radical (unpaired) electrons. The van der Waals surface area contributed by atoms with E-state index in [1.54, 1.807) is 6.26 Å². The minimum absolute atomic E-state index is 0.784. The molecule has 0 saturated carbocycles. The predicted molar refractivity (Wildman–Crippen MR) is 64.3 cm³/mol. The highest BCUT2D eigenvalue weighted by atomic mass is 32.1. The molecule has 1 aromatic carbocycles. The lowest BCUT2D eigenvalue weighted by Gasteiger charge is -1.99. The largest absolute Gasteiger partial charge is 0.463 e. The van der Waals surface area contributed by atoms with Crippen LogP contribution in [-0.4, -0.2) is 5.71 Å². The van der Waals surface area contributed by atoms with Crippen molar-refractivity contribution in [3.63, 3.8) is 0 Å². The highest BCUT2D eigenvalue weighted by molar-refractivity contribution is 7.80. The van der Waals surface area contributed by atoms with Gasteiger partial charge in [0.05, 0.1) is 17.7 Å². The fourth-order valence-electron chi connectivity index (χ4n) is 1.28. The first-order valence-electron chi connectivity index (χ1n) is 4.64. The zero-order valence-electron chi connectivity index (χ0n) is 8.34. The standard InChI is InChI=1S/C12H11NOS/c1-9(11-6-4-8-14-11)13-10-5-2-3-7-12(10)15/h2-8,15H,1H3. The fraction of sp³-hybridized carbons (Fsp3) is 0.0833. The molecule has 3 heteroatoms. The topological polar surface area (TPSA) is 25.5 Å². The van der Waals surface area contributed by atoms with Crippen molar-refractivity contribution >= 4 is 24.0 Å². The van der Waals surface area contributed by atoms with E-state index in [0.29, 0.717) is 0 Å². The summed E-state index contributed by atoms with van der Waals surface area (Å²) in [4.78, 5) is 5.31. The van der Waals surface area contributed by atoms with Crippen molar-refractivity contribution in [3.8, 4) is 0 Å². The molecule has 0 bridgehead atoms. The van der Waals surface area contributed by atoms with E-state index in [2.05, 4.69) is 17.6 Å². The number of benzene rings is 1. The van der Waals surface area contributed by atoms with Crippen LogP contribution in [0.4, 0.5) is 5.69 Å².